The van der Waals surface area contributed by atoms with Crippen molar-refractivity contribution in [1.29, 1.82) is 0 Å². The third-order valence-corrected chi connectivity index (χ3v) is 5.00. The van der Waals surface area contributed by atoms with Crippen LogP contribution in [0.3, 0.4) is 0 Å². The van der Waals surface area contributed by atoms with E-state index in [1.807, 2.05) is 30.3 Å². The zero-order chi connectivity index (χ0) is 19.3. The van der Waals surface area contributed by atoms with E-state index < -0.39 is 0 Å². The highest BCUT2D eigenvalue weighted by Gasteiger charge is 2.38. The van der Waals surface area contributed by atoms with Gasteiger partial charge in [-0.15, -0.1) is 0 Å². The fourth-order valence-corrected chi connectivity index (χ4v) is 3.56. The molecule has 0 aliphatic carbocycles. The number of rotatable bonds is 7. The van der Waals surface area contributed by atoms with Crippen LogP contribution in [-0.4, -0.2) is 29.3 Å². The monoisotopic (exact) mass is 364 g/mol. The smallest absolute Gasteiger partial charge is 0.243 e. The van der Waals surface area contributed by atoms with E-state index in [-0.39, 0.29) is 11.4 Å². The van der Waals surface area contributed by atoms with Crippen molar-refractivity contribution >= 4 is 11.6 Å². The number of hydrogen-bond acceptors (Lipinski definition) is 3. The molecule has 0 saturated carbocycles. The van der Waals surface area contributed by atoms with Crippen molar-refractivity contribution in [2.24, 2.45) is 5.10 Å². The molecule has 27 heavy (non-hydrogen) atoms. The standard InChI is InChI=1S/C23H28N2O2/c1-23(2)17-20(19-14-8-9-15-21(19)27-3)24-25(23)22(26)16-10-7-13-18-11-5-4-6-12-18/h4-6,8-9,11-12,14-15H,7,10,13,16-17H2,1-3H3. The minimum absolute atomic E-state index is 0.0953. The summed E-state index contributed by atoms with van der Waals surface area (Å²) in [6.07, 6.45) is 4.14. The molecule has 0 radical (unpaired) electrons. The van der Waals surface area contributed by atoms with Gasteiger partial charge in [-0.05, 0) is 50.8 Å². The number of nitrogens with zero attached hydrogens (tertiary/aromatic N) is 2. The predicted octanol–water partition coefficient (Wildman–Crippen LogP) is 4.82. The van der Waals surface area contributed by atoms with Gasteiger partial charge in [0.25, 0.3) is 0 Å². The second-order valence-electron chi connectivity index (χ2n) is 7.63. The predicted molar refractivity (Wildman–Crippen MR) is 109 cm³/mol. The van der Waals surface area contributed by atoms with Crippen LogP contribution in [0.25, 0.3) is 0 Å². The second kappa shape index (κ2) is 8.38. The molecule has 2 aromatic carbocycles. The lowest BCUT2D eigenvalue weighted by atomic mass is 9.94. The largest absolute Gasteiger partial charge is 0.496 e. The summed E-state index contributed by atoms with van der Waals surface area (Å²) in [5.74, 6) is 0.891. The van der Waals surface area contributed by atoms with E-state index in [0.29, 0.717) is 6.42 Å². The number of carbonyl (C=O) groups is 1. The van der Waals surface area contributed by atoms with Crippen LogP contribution in [0, 0.1) is 0 Å². The molecule has 0 unspecified atom stereocenters. The third kappa shape index (κ3) is 4.57. The Hall–Kier alpha value is -2.62. The average Bonchev–Trinajstić information content (AvgIpc) is 3.01. The van der Waals surface area contributed by atoms with Crippen LogP contribution in [0.15, 0.2) is 59.7 Å². The maximum Gasteiger partial charge on any atom is 0.243 e. The van der Waals surface area contributed by atoms with Gasteiger partial charge in [-0.2, -0.15) is 5.10 Å². The molecule has 2 aromatic rings. The van der Waals surface area contributed by atoms with Gasteiger partial charge in [-0.1, -0.05) is 42.5 Å². The molecule has 4 heteroatoms. The molecule has 0 fully saturated rings. The zero-order valence-corrected chi connectivity index (χ0v) is 16.4. The summed E-state index contributed by atoms with van der Waals surface area (Å²) < 4.78 is 5.46. The van der Waals surface area contributed by atoms with Crippen molar-refractivity contribution < 1.29 is 9.53 Å². The number of ether oxygens (including phenoxy) is 1. The highest BCUT2D eigenvalue weighted by molar-refractivity contribution is 6.05. The SMILES string of the molecule is COc1ccccc1C1=NN(C(=O)CCCCc2ccccc2)C(C)(C)C1. The summed E-state index contributed by atoms with van der Waals surface area (Å²) in [7, 11) is 1.66. The van der Waals surface area contributed by atoms with Crippen molar-refractivity contribution in [3.05, 3.63) is 65.7 Å². The van der Waals surface area contributed by atoms with Crippen molar-refractivity contribution in [3.8, 4) is 5.75 Å². The number of unbranched alkanes of at least 4 members (excludes halogenated alkanes) is 1. The summed E-state index contributed by atoms with van der Waals surface area (Å²) in [5.41, 5.74) is 2.89. The van der Waals surface area contributed by atoms with Gasteiger partial charge < -0.3 is 4.74 Å². The molecule has 1 amide bonds. The maximum atomic E-state index is 12.8. The molecule has 0 N–H and O–H groups in total. The van der Waals surface area contributed by atoms with Gasteiger partial charge in [0.05, 0.1) is 18.4 Å². The van der Waals surface area contributed by atoms with Crippen LogP contribution >= 0.6 is 0 Å². The lowest BCUT2D eigenvalue weighted by molar-refractivity contribution is -0.135. The van der Waals surface area contributed by atoms with Gasteiger partial charge in [0, 0.05) is 18.4 Å². The van der Waals surface area contributed by atoms with Gasteiger partial charge in [-0.25, -0.2) is 5.01 Å². The number of hydrazone groups is 1. The van der Waals surface area contributed by atoms with Gasteiger partial charge in [0.15, 0.2) is 0 Å². The molecule has 0 atom stereocenters. The third-order valence-electron chi connectivity index (χ3n) is 5.00. The number of para-hydroxylation sites is 1. The topological polar surface area (TPSA) is 41.9 Å². The summed E-state index contributed by atoms with van der Waals surface area (Å²) >= 11 is 0. The molecular weight excluding hydrogens is 336 g/mol. The van der Waals surface area contributed by atoms with E-state index in [1.165, 1.54) is 5.56 Å². The number of benzene rings is 2. The molecule has 4 nitrogen and oxygen atoms in total. The molecule has 0 saturated heterocycles. The number of carbonyl (C=O) groups excluding carboxylic acids is 1. The van der Waals surface area contributed by atoms with Gasteiger partial charge in [-0.3, -0.25) is 4.79 Å². The molecular formula is C23H28N2O2. The lowest BCUT2D eigenvalue weighted by Crippen LogP contribution is -2.40. The second-order valence-corrected chi connectivity index (χ2v) is 7.63. The first kappa shape index (κ1) is 19.2. The zero-order valence-electron chi connectivity index (χ0n) is 16.4. The van der Waals surface area contributed by atoms with Crippen LogP contribution in [0.4, 0.5) is 0 Å². The molecule has 1 aliphatic heterocycles. The first-order valence-electron chi connectivity index (χ1n) is 9.59. The molecule has 0 aromatic heterocycles. The van der Waals surface area contributed by atoms with Crippen LogP contribution in [0.1, 0.15) is 50.7 Å². The minimum Gasteiger partial charge on any atom is -0.496 e. The maximum absolute atomic E-state index is 12.8. The van der Waals surface area contributed by atoms with E-state index in [2.05, 4.69) is 43.2 Å². The number of aryl methyl sites for hydroxylation is 1. The molecule has 142 valence electrons. The first-order valence-corrected chi connectivity index (χ1v) is 9.59. The van der Waals surface area contributed by atoms with Gasteiger partial charge >= 0.3 is 0 Å². The summed E-state index contributed by atoms with van der Waals surface area (Å²) in [6.45, 7) is 4.14. The lowest BCUT2D eigenvalue weighted by Gasteiger charge is -2.28. The molecule has 1 aliphatic rings. The fraction of sp³-hybridized carbons (Fsp3) is 0.391. The Kier molecular flexibility index (Phi) is 5.94. The quantitative estimate of drug-likeness (QED) is 0.661. The summed E-state index contributed by atoms with van der Waals surface area (Å²) in [4.78, 5) is 12.8. The molecule has 1 heterocycles. The van der Waals surface area contributed by atoms with Crippen LogP contribution < -0.4 is 4.74 Å². The van der Waals surface area contributed by atoms with E-state index in [9.17, 15) is 4.79 Å². The molecule has 0 spiro atoms. The van der Waals surface area contributed by atoms with Crippen molar-refractivity contribution in [1.82, 2.24) is 5.01 Å². The first-order chi connectivity index (χ1) is 13.0. The van der Waals surface area contributed by atoms with E-state index in [1.54, 1.807) is 12.1 Å². The molecule has 0 bridgehead atoms. The Balaban J connectivity index is 1.62. The van der Waals surface area contributed by atoms with Crippen LogP contribution in [-0.2, 0) is 11.2 Å². The summed E-state index contributed by atoms with van der Waals surface area (Å²) in [5, 5.41) is 6.35. The van der Waals surface area contributed by atoms with E-state index in [4.69, 9.17) is 4.74 Å². The van der Waals surface area contributed by atoms with Crippen molar-refractivity contribution in [2.45, 2.75) is 51.5 Å². The van der Waals surface area contributed by atoms with Crippen molar-refractivity contribution in [3.63, 3.8) is 0 Å². The number of hydrogen-bond donors (Lipinski definition) is 0. The van der Waals surface area contributed by atoms with Crippen LogP contribution in [0.5, 0.6) is 5.75 Å². The molecule has 3 rings (SSSR count). The number of amides is 1. The van der Waals surface area contributed by atoms with Gasteiger partial charge in [0.1, 0.15) is 5.75 Å². The normalized spacial score (nSPS) is 15.5. The van der Waals surface area contributed by atoms with Gasteiger partial charge in [0.2, 0.25) is 5.91 Å². The average molecular weight is 364 g/mol. The Morgan fingerprint density at radius 2 is 1.78 bits per heavy atom. The Morgan fingerprint density at radius 3 is 2.52 bits per heavy atom. The Morgan fingerprint density at radius 1 is 1.07 bits per heavy atom. The fourth-order valence-electron chi connectivity index (χ4n) is 3.56. The minimum atomic E-state index is -0.313. The van der Waals surface area contributed by atoms with E-state index in [0.717, 1.165) is 42.7 Å². The number of methoxy groups -OCH3 is 1. The van der Waals surface area contributed by atoms with Crippen LogP contribution in [0.2, 0.25) is 0 Å². The highest BCUT2D eigenvalue weighted by Crippen LogP contribution is 2.33. The Bertz CT molecular complexity index is 812. The highest BCUT2D eigenvalue weighted by atomic mass is 16.5. The van der Waals surface area contributed by atoms with E-state index >= 15 is 0 Å². The Labute approximate surface area is 161 Å². The van der Waals surface area contributed by atoms with Crippen molar-refractivity contribution in [2.75, 3.05) is 7.11 Å². The summed E-state index contributed by atoms with van der Waals surface area (Å²) in [6, 6.07) is 18.3.